The molecule has 0 saturated carbocycles. The van der Waals surface area contributed by atoms with E-state index in [-0.39, 0.29) is 0 Å². The summed E-state index contributed by atoms with van der Waals surface area (Å²) in [6, 6.07) is 6.08. The van der Waals surface area contributed by atoms with E-state index in [9.17, 15) is 0 Å². The molecule has 0 radical (unpaired) electrons. The minimum absolute atomic E-state index is 0.820. The molecule has 0 aliphatic heterocycles. The largest absolute Gasteiger partial charge is 0.311 e. The number of rotatable bonds is 4. The van der Waals surface area contributed by atoms with Gasteiger partial charge in [0.25, 0.3) is 0 Å². The molecule has 5 heteroatoms. The molecule has 0 spiro atoms. The summed E-state index contributed by atoms with van der Waals surface area (Å²) >= 11 is 1.66. The van der Waals surface area contributed by atoms with Crippen LogP contribution in [0.15, 0.2) is 36.0 Å². The molecule has 96 valence electrons. The van der Waals surface area contributed by atoms with Crippen molar-refractivity contribution in [3.8, 4) is 10.6 Å². The Morgan fingerprint density at radius 2 is 2.00 bits per heavy atom. The molecule has 1 N–H and O–H groups in total. The maximum atomic E-state index is 4.63. The predicted molar refractivity (Wildman–Crippen MR) is 78.0 cm³/mol. The minimum Gasteiger partial charge on any atom is -0.311 e. The van der Waals surface area contributed by atoms with Gasteiger partial charge >= 0.3 is 0 Å². The number of fused-ring (bicyclic) bond motifs is 1. The van der Waals surface area contributed by atoms with Gasteiger partial charge in [-0.3, -0.25) is 9.97 Å². The molecule has 1 aromatic carbocycles. The zero-order valence-corrected chi connectivity index (χ0v) is 11.4. The highest BCUT2D eigenvalue weighted by molar-refractivity contribution is 7.13. The van der Waals surface area contributed by atoms with Gasteiger partial charge in [-0.25, -0.2) is 4.98 Å². The van der Waals surface area contributed by atoms with Gasteiger partial charge in [-0.15, -0.1) is 11.3 Å². The number of benzene rings is 1. The first-order chi connectivity index (χ1) is 9.36. The molecule has 2 heterocycles. The molecule has 2 aromatic heterocycles. The summed E-state index contributed by atoms with van der Waals surface area (Å²) in [6.07, 6.45) is 3.42. The van der Waals surface area contributed by atoms with Crippen LogP contribution < -0.4 is 5.32 Å². The van der Waals surface area contributed by atoms with E-state index >= 15 is 0 Å². The van der Waals surface area contributed by atoms with Crippen molar-refractivity contribution < 1.29 is 0 Å². The van der Waals surface area contributed by atoms with Gasteiger partial charge in [-0.1, -0.05) is 6.92 Å². The fraction of sp³-hybridized carbons (Fsp3) is 0.214. The third-order valence-electron chi connectivity index (χ3n) is 2.82. The van der Waals surface area contributed by atoms with Gasteiger partial charge in [-0.05, 0) is 24.7 Å². The maximum absolute atomic E-state index is 4.63. The lowest BCUT2D eigenvalue weighted by molar-refractivity contribution is 0.715. The maximum Gasteiger partial charge on any atom is 0.123 e. The summed E-state index contributed by atoms with van der Waals surface area (Å²) in [6.45, 7) is 3.87. The Kier molecular flexibility index (Phi) is 3.48. The molecule has 0 aliphatic carbocycles. The number of nitrogens with one attached hydrogen (secondary N) is 1. The van der Waals surface area contributed by atoms with E-state index in [0.29, 0.717) is 0 Å². The second-order valence-corrected chi connectivity index (χ2v) is 5.04. The molecule has 0 saturated heterocycles. The van der Waals surface area contributed by atoms with Crippen LogP contribution in [0.5, 0.6) is 0 Å². The standard InChI is InChI=1S/C14H14N4S/c1-2-15-8-11-9-19-14(18-11)10-3-4-12-13(7-10)17-6-5-16-12/h3-7,9,15H,2,8H2,1H3. The number of hydrogen-bond donors (Lipinski definition) is 1. The van der Waals surface area contributed by atoms with E-state index in [2.05, 4.69) is 32.6 Å². The molecular weight excluding hydrogens is 256 g/mol. The van der Waals surface area contributed by atoms with Gasteiger partial charge in [0.1, 0.15) is 5.01 Å². The van der Waals surface area contributed by atoms with Crippen LogP contribution in [-0.2, 0) is 6.54 Å². The van der Waals surface area contributed by atoms with Crippen molar-refractivity contribution in [2.24, 2.45) is 0 Å². The average molecular weight is 270 g/mol. The molecule has 4 nitrogen and oxygen atoms in total. The minimum atomic E-state index is 0.820. The van der Waals surface area contributed by atoms with E-state index < -0.39 is 0 Å². The Bertz CT molecular complexity index is 692. The molecule has 0 bridgehead atoms. The second kappa shape index (κ2) is 5.42. The van der Waals surface area contributed by atoms with Crippen LogP contribution in [0.25, 0.3) is 21.6 Å². The molecule has 0 atom stereocenters. The molecule has 0 fully saturated rings. The molecule has 3 aromatic rings. The van der Waals surface area contributed by atoms with Crippen LogP contribution in [0.4, 0.5) is 0 Å². The van der Waals surface area contributed by atoms with E-state index in [1.165, 1.54) is 0 Å². The fourth-order valence-corrected chi connectivity index (χ4v) is 2.69. The highest BCUT2D eigenvalue weighted by atomic mass is 32.1. The molecule has 3 rings (SSSR count). The highest BCUT2D eigenvalue weighted by Gasteiger charge is 2.06. The first-order valence-electron chi connectivity index (χ1n) is 6.23. The molecule has 19 heavy (non-hydrogen) atoms. The van der Waals surface area contributed by atoms with Crippen LogP contribution in [0.1, 0.15) is 12.6 Å². The Morgan fingerprint density at radius 3 is 2.84 bits per heavy atom. The van der Waals surface area contributed by atoms with Crippen molar-refractivity contribution in [2.75, 3.05) is 6.54 Å². The summed E-state index contributed by atoms with van der Waals surface area (Å²) in [4.78, 5) is 13.2. The van der Waals surface area contributed by atoms with E-state index in [1.54, 1.807) is 23.7 Å². The van der Waals surface area contributed by atoms with Crippen molar-refractivity contribution in [3.63, 3.8) is 0 Å². The van der Waals surface area contributed by atoms with Crippen molar-refractivity contribution in [1.82, 2.24) is 20.3 Å². The molecule has 0 aliphatic rings. The Hall–Kier alpha value is -1.85. The zero-order valence-electron chi connectivity index (χ0n) is 10.6. The van der Waals surface area contributed by atoms with Crippen molar-refractivity contribution >= 4 is 22.4 Å². The van der Waals surface area contributed by atoms with Crippen LogP contribution in [-0.4, -0.2) is 21.5 Å². The summed E-state index contributed by atoms with van der Waals surface area (Å²) in [5.41, 5.74) is 4.00. The third-order valence-corrected chi connectivity index (χ3v) is 3.76. The van der Waals surface area contributed by atoms with Gasteiger partial charge in [0.15, 0.2) is 0 Å². The average Bonchev–Trinajstić information content (AvgIpc) is 2.93. The lowest BCUT2D eigenvalue weighted by atomic mass is 10.2. The first kappa shape index (κ1) is 12.2. The SMILES string of the molecule is CCNCc1csc(-c2ccc3nccnc3c2)n1. The number of hydrogen-bond acceptors (Lipinski definition) is 5. The van der Waals surface area contributed by atoms with Gasteiger partial charge < -0.3 is 5.32 Å². The summed E-state index contributed by atoms with van der Waals surface area (Å²) in [7, 11) is 0. The van der Waals surface area contributed by atoms with Crippen molar-refractivity contribution in [3.05, 3.63) is 41.7 Å². The Morgan fingerprint density at radius 1 is 1.16 bits per heavy atom. The zero-order chi connectivity index (χ0) is 13.1. The summed E-state index contributed by atoms with van der Waals surface area (Å²) in [5, 5.41) is 6.41. The smallest absolute Gasteiger partial charge is 0.123 e. The Labute approximate surface area is 115 Å². The molecule has 0 unspecified atom stereocenters. The summed E-state index contributed by atoms with van der Waals surface area (Å²) < 4.78 is 0. The van der Waals surface area contributed by atoms with Crippen LogP contribution in [0.2, 0.25) is 0 Å². The predicted octanol–water partition coefficient (Wildman–Crippen LogP) is 2.86. The number of thiazole rings is 1. The molecule has 0 amide bonds. The second-order valence-electron chi connectivity index (χ2n) is 4.18. The van der Waals surface area contributed by atoms with Gasteiger partial charge in [0.2, 0.25) is 0 Å². The van der Waals surface area contributed by atoms with E-state index in [1.807, 2.05) is 18.2 Å². The quantitative estimate of drug-likeness (QED) is 0.792. The lowest BCUT2D eigenvalue weighted by Gasteiger charge is -1.99. The third kappa shape index (κ3) is 2.62. The number of nitrogens with zero attached hydrogens (tertiary/aromatic N) is 3. The van der Waals surface area contributed by atoms with Crippen molar-refractivity contribution in [1.29, 1.82) is 0 Å². The van der Waals surface area contributed by atoms with Gasteiger partial charge in [0.05, 0.1) is 16.7 Å². The van der Waals surface area contributed by atoms with E-state index in [4.69, 9.17) is 0 Å². The van der Waals surface area contributed by atoms with E-state index in [0.717, 1.165) is 40.4 Å². The highest BCUT2D eigenvalue weighted by Crippen LogP contribution is 2.25. The monoisotopic (exact) mass is 270 g/mol. The Balaban J connectivity index is 1.92. The van der Waals surface area contributed by atoms with Gasteiger partial charge in [0, 0.05) is 29.9 Å². The first-order valence-corrected chi connectivity index (χ1v) is 7.11. The number of aromatic nitrogens is 3. The van der Waals surface area contributed by atoms with Crippen LogP contribution >= 0.6 is 11.3 Å². The topological polar surface area (TPSA) is 50.7 Å². The van der Waals surface area contributed by atoms with Gasteiger partial charge in [-0.2, -0.15) is 0 Å². The summed E-state index contributed by atoms with van der Waals surface area (Å²) in [5.74, 6) is 0. The van der Waals surface area contributed by atoms with Crippen LogP contribution in [0.3, 0.4) is 0 Å². The molecular formula is C14H14N4S. The normalized spacial score (nSPS) is 11.0. The fourth-order valence-electron chi connectivity index (χ4n) is 1.87. The van der Waals surface area contributed by atoms with Crippen LogP contribution in [0, 0.1) is 0 Å². The lowest BCUT2D eigenvalue weighted by Crippen LogP contribution is -2.11. The van der Waals surface area contributed by atoms with Crippen molar-refractivity contribution in [2.45, 2.75) is 13.5 Å².